The Hall–Kier alpha value is -3.14. The van der Waals surface area contributed by atoms with Gasteiger partial charge in [0, 0.05) is 37.0 Å². The Kier molecular flexibility index (Phi) is 4.80. The summed E-state index contributed by atoms with van der Waals surface area (Å²) in [7, 11) is 0. The molecule has 35 heavy (non-hydrogen) atoms. The molecule has 1 N–H and O–H groups in total. The van der Waals surface area contributed by atoms with Gasteiger partial charge in [0.1, 0.15) is 29.8 Å². The fourth-order valence-corrected chi connectivity index (χ4v) is 7.05. The van der Waals surface area contributed by atoms with Gasteiger partial charge in [0.05, 0.1) is 17.3 Å². The highest BCUT2D eigenvalue weighted by Gasteiger charge is 2.43. The minimum atomic E-state index is -0.363. The lowest BCUT2D eigenvalue weighted by molar-refractivity contribution is 0.0914. The first-order chi connectivity index (χ1) is 17.1. The fraction of sp³-hybridized carbons (Fsp3) is 0.536. The number of pyridine rings is 1. The van der Waals surface area contributed by atoms with Crippen LogP contribution in [0.4, 0.5) is 10.1 Å². The monoisotopic (exact) mass is 472 g/mol. The number of aromatic nitrogens is 1. The van der Waals surface area contributed by atoms with Crippen molar-refractivity contribution in [3.8, 4) is 11.8 Å². The maximum Gasteiger partial charge on any atom is 0.253 e. The zero-order valence-corrected chi connectivity index (χ0v) is 19.7. The van der Waals surface area contributed by atoms with Crippen LogP contribution in [0.15, 0.2) is 18.3 Å². The highest BCUT2D eigenvalue weighted by atomic mass is 19.1. The maximum absolute atomic E-state index is 15.3. The van der Waals surface area contributed by atoms with Crippen molar-refractivity contribution in [2.75, 3.05) is 24.6 Å². The molecule has 1 amide bonds. The number of hydrogen-bond donors (Lipinski definition) is 1. The molecular weight excluding hydrogens is 443 g/mol. The molecule has 7 rings (SSSR count). The number of fused-ring (bicyclic) bond motifs is 6. The standard InChI is InChI=1S/C28H29FN4O2/c29-24-9-26(33-12-15-1-2-16(5-15)13-33)23(10-30)27-22(24)8-19(14-35-27)32-28(34)18-7-21-20-6-17(20)3-4-25(21)31-11-18/h7,9,11,15-17,19-20H,1-6,8,12-14H2,(H,32,34)/t15?,16?,17-,19+,20+/m0/s1. The number of amides is 1. The second-order valence-corrected chi connectivity index (χ2v) is 11.2. The van der Waals surface area contributed by atoms with E-state index in [2.05, 4.69) is 21.3 Å². The Balaban J connectivity index is 1.11. The zero-order chi connectivity index (χ0) is 23.7. The number of rotatable bonds is 3. The van der Waals surface area contributed by atoms with E-state index in [1.165, 1.54) is 43.7 Å². The molecule has 3 heterocycles. The van der Waals surface area contributed by atoms with Crippen LogP contribution in [0.1, 0.15) is 70.8 Å². The van der Waals surface area contributed by atoms with Gasteiger partial charge in [-0.15, -0.1) is 0 Å². The molecular formula is C28H29FN4O2. The van der Waals surface area contributed by atoms with Gasteiger partial charge in [0.25, 0.3) is 5.91 Å². The summed E-state index contributed by atoms with van der Waals surface area (Å²) >= 11 is 0. The molecule has 2 aromatic rings. The largest absolute Gasteiger partial charge is 0.490 e. The first-order valence-electron chi connectivity index (χ1n) is 13.0. The summed E-state index contributed by atoms with van der Waals surface area (Å²) in [5, 5.41) is 13.0. The molecule has 7 heteroatoms. The van der Waals surface area contributed by atoms with Gasteiger partial charge in [0.2, 0.25) is 0 Å². The maximum atomic E-state index is 15.3. The molecule has 3 fully saturated rings. The van der Waals surface area contributed by atoms with Crippen LogP contribution in [0, 0.1) is 34.9 Å². The van der Waals surface area contributed by atoms with Gasteiger partial charge < -0.3 is 15.0 Å². The number of halogens is 1. The van der Waals surface area contributed by atoms with E-state index in [4.69, 9.17) is 4.74 Å². The first kappa shape index (κ1) is 21.2. The lowest BCUT2D eigenvalue weighted by Gasteiger charge is -2.35. The Labute approximate surface area is 204 Å². The lowest BCUT2D eigenvalue weighted by Crippen LogP contribution is -2.43. The summed E-state index contributed by atoms with van der Waals surface area (Å²) < 4.78 is 21.3. The van der Waals surface area contributed by atoms with Crippen molar-refractivity contribution in [1.82, 2.24) is 10.3 Å². The van der Waals surface area contributed by atoms with Crippen molar-refractivity contribution >= 4 is 11.6 Å². The highest BCUT2D eigenvalue weighted by Crippen LogP contribution is 2.54. The Morgan fingerprint density at radius 2 is 2.03 bits per heavy atom. The van der Waals surface area contributed by atoms with Gasteiger partial charge in [-0.1, -0.05) is 0 Å². The smallest absolute Gasteiger partial charge is 0.253 e. The Morgan fingerprint density at radius 1 is 1.20 bits per heavy atom. The van der Waals surface area contributed by atoms with Crippen molar-refractivity contribution in [3.63, 3.8) is 0 Å². The summed E-state index contributed by atoms with van der Waals surface area (Å²) in [6, 6.07) is 5.43. The molecule has 1 aromatic heterocycles. The quantitative estimate of drug-likeness (QED) is 0.727. The number of nitrogens with one attached hydrogen (secondary N) is 1. The molecule has 2 unspecified atom stereocenters. The number of nitrogens with zero attached hydrogens (tertiary/aromatic N) is 3. The number of carbonyl (C=O) groups is 1. The van der Waals surface area contributed by atoms with Crippen LogP contribution < -0.4 is 15.0 Å². The van der Waals surface area contributed by atoms with Crippen LogP contribution in [-0.2, 0) is 12.8 Å². The first-order valence-corrected chi connectivity index (χ1v) is 13.0. The average Bonchev–Trinajstić information content (AvgIpc) is 3.61. The third-order valence-electron chi connectivity index (χ3n) is 8.92. The zero-order valence-electron chi connectivity index (χ0n) is 19.7. The topological polar surface area (TPSA) is 78.3 Å². The predicted octanol–water partition coefficient (Wildman–Crippen LogP) is 4.11. The van der Waals surface area contributed by atoms with E-state index in [1.54, 1.807) is 6.20 Å². The SMILES string of the molecule is N#Cc1c(N2CC3CCC(C3)C2)cc(F)c2c1OC[C@H](NC(=O)c1cnc3c(c1)[C@@H]1C[C@@H]1CC3)C2. The molecule has 2 saturated carbocycles. The van der Waals surface area contributed by atoms with E-state index < -0.39 is 0 Å². The molecule has 0 spiro atoms. The molecule has 1 aromatic carbocycles. The van der Waals surface area contributed by atoms with Gasteiger partial charge in [-0.2, -0.15) is 5.26 Å². The summed E-state index contributed by atoms with van der Waals surface area (Å²) in [5.41, 5.74) is 4.36. The van der Waals surface area contributed by atoms with Gasteiger partial charge in [0.15, 0.2) is 0 Å². The molecule has 6 nitrogen and oxygen atoms in total. The van der Waals surface area contributed by atoms with E-state index >= 15 is 4.39 Å². The molecule has 2 aliphatic heterocycles. The molecule has 180 valence electrons. The van der Waals surface area contributed by atoms with Gasteiger partial charge >= 0.3 is 0 Å². The van der Waals surface area contributed by atoms with Crippen LogP contribution in [0.3, 0.4) is 0 Å². The van der Waals surface area contributed by atoms with Crippen molar-refractivity contribution in [2.45, 2.75) is 56.9 Å². The Bertz CT molecular complexity index is 1260. The number of ether oxygens (including phenoxy) is 1. The van der Waals surface area contributed by atoms with Crippen LogP contribution in [0.5, 0.6) is 5.75 Å². The van der Waals surface area contributed by atoms with Crippen LogP contribution in [-0.4, -0.2) is 36.6 Å². The number of carbonyl (C=O) groups excluding carboxylic acids is 1. The average molecular weight is 473 g/mol. The van der Waals surface area contributed by atoms with E-state index in [0.29, 0.717) is 52.3 Å². The number of aryl methyl sites for hydroxylation is 1. The second-order valence-electron chi connectivity index (χ2n) is 11.2. The van der Waals surface area contributed by atoms with E-state index in [9.17, 15) is 10.1 Å². The number of benzene rings is 1. The number of piperidine rings is 1. The number of nitriles is 1. The van der Waals surface area contributed by atoms with E-state index in [1.807, 2.05) is 6.07 Å². The van der Waals surface area contributed by atoms with Crippen LogP contribution >= 0.6 is 0 Å². The summed E-state index contributed by atoms with van der Waals surface area (Å²) in [6.45, 7) is 1.96. The lowest BCUT2D eigenvalue weighted by atomic mass is 9.94. The summed E-state index contributed by atoms with van der Waals surface area (Å²) in [4.78, 5) is 19.7. The van der Waals surface area contributed by atoms with Crippen molar-refractivity contribution in [2.24, 2.45) is 17.8 Å². The van der Waals surface area contributed by atoms with E-state index in [0.717, 1.165) is 31.1 Å². The van der Waals surface area contributed by atoms with Gasteiger partial charge in [-0.25, -0.2) is 4.39 Å². The summed E-state index contributed by atoms with van der Waals surface area (Å²) in [6.07, 6.45) is 9.03. The van der Waals surface area contributed by atoms with Crippen LogP contribution in [0.2, 0.25) is 0 Å². The van der Waals surface area contributed by atoms with Crippen LogP contribution in [0.25, 0.3) is 0 Å². The molecule has 5 aliphatic rings. The third-order valence-corrected chi connectivity index (χ3v) is 8.92. The third kappa shape index (κ3) is 3.57. The fourth-order valence-electron chi connectivity index (χ4n) is 7.05. The molecule has 0 radical (unpaired) electrons. The molecule has 3 aliphatic carbocycles. The molecule has 2 bridgehead atoms. The van der Waals surface area contributed by atoms with Gasteiger partial charge in [-0.3, -0.25) is 9.78 Å². The van der Waals surface area contributed by atoms with Crippen molar-refractivity contribution < 1.29 is 13.9 Å². The second kappa shape index (κ2) is 7.94. The van der Waals surface area contributed by atoms with Crippen molar-refractivity contribution in [3.05, 3.63) is 52.1 Å². The minimum Gasteiger partial charge on any atom is -0.490 e. The van der Waals surface area contributed by atoms with Gasteiger partial charge in [-0.05, 0) is 79.9 Å². The Morgan fingerprint density at radius 3 is 2.83 bits per heavy atom. The minimum absolute atomic E-state index is 0.207. The molecule has 5 atom stereocenters. The summed E-state index contributed by atoms with van der Waals surface area (Å²) in [5.74, 6) is 2.36. The van der Waals surface area contributed by atoms with Crippen molar-refractivity contribution in [1.29, 1.82) is 5.26 Å². The normalized spacial score (nSPS) is 29.8. The number of anilines is 1. The molecule has 1 saturated heterocycles. The predicted molar refractivity (Wildman–Crippen MR) is 128 cm³/mol. The number of hydrogen-bond acceptors (Lipinski definition) is 5. The van der Waals surface area contributed by atoms with E-state index in [-0.39, 0.29) is 24.4 Å². The highest BCUT2D eigenvalue weighted by molar-refractivity contribution is 5.94.